The molecule has 0 aliphatic carbocycles. The summed E-state index contributed by atoms with van der Waals surface area (Å²) < 4.78 is 0. The SMILES string of the molecule is CCN(CCCN(C)C)c1nccnc1Cl. The van der Waals surface area contributed by atoms with Gasteiger partial charge in [0.05, 0.1) is 0 Å². The molecule has 0 bridgehead atoms. The van der Waals surface area contributed by atoms with E-state index in [2.05, 4.69) is 40.8 Å². The van der Waals surface area contributed by atoms with Crippen molar-refractivity contribution in [3.8, 4) is 0 Å². The summed E-state index contributed by atoms with van der Waals surface area (Å²) in [6.07, 6.45) is 4.38. The van der Waals surface area contributed by atoms with E-state index in [0.717, 1.165) is 31.9 Å². The van der Waals surface area contributed by atoms with E-state index in [9.17, 15) is 0 Å². The second-order valence-corrected chi connectivity index (χ2v) is 4.27. The lowest BCUT2D eigenvalue weighted by molar-refractivity contribution is 0.400. The lowest BCUT2D eigenvalue weighted by atomic mass is 10.3. The van der Waals surface area contributed by atoms with Crippen molar-refractivity contribution in [3.63, 3.8) is 0 Å². The molecule has 0 radical (unpaired) electrons. The van der Waals surface area contributed by atoms with Crippen LogP contribution in [0, 0.1) is 0 Å². The van der Waals surface area contributed by atoms with Gasteiger partial charge in [-0.15, -0.1) is 0 Å². The molecule has 0 saturated carbocycles. The second-order valence-electron chi connectivity index (χ2n) is 3.91. The Hall–Kier alpha value is -0.870. The molecule has 0 N–H and O–H groups in total. The molecule has 0 unspecified atom stereocenters. The van der Waals surface area contributed by atoms with Crippen LogP contribution in [-0.4, -0.2) is 48.6 Å². The number of halogens is 1. The zero-order valence-corrected chi connectivity index (χ0v) is 10.9. The topological polar surface area (TPSA) is 32.3 Å². The van der Waals surface area contributed by atoms with Crippen molar-refractivity contribution in [2.24, 2.45) is 0 Å². The summed E-state index contributed by atoms with van der Waals surface area (Å²) in [5.41, 5.74) is 0. The van der Waals surface area contributed by atoms with Gasteiger partial charge >= 0.3 is 0 Å². The smallest absolute Gasteiger partial charge is 0.171 e. The van der Waals surface area contributed by atoms with Gasteiger partial charge in [0.15, 0.2) is 11.0 Å². The van der Waals surface area contributed by atoms with Crippen molar-refractivity contribution in [1.82, 2.24) is 14.9 Å². The fourth-order valence-corrected chi connectivity index (χ4v) is 1.74. The van der Waals surface area contributed by atoms with Crippen LogP contribution in [-0.2, 0) is 0 Å². The average Bonchev–Trinajstić information content (AvgIpc) is 2.25. The minimum atomic E-state index is 0.481. The summed E-state index contributed by atoms with van der Waals surface area (Å²) in [7, 11) is 4.15. The summed E-state index contributed by atoms with van der Waals surface area (Å²) in [6, 6.07) is 0. The van der Waals surface area contributed by atoms with Gasteiger partial charge < -0.3 is 9.80 Å². The third kappa shape index (κ3) is 3.94. The van der Waals surface area contributed by atoms with Crippen LogP contribution in [0.5, 0.6) is 0 Å². The Bertz CT molecular complexity index is 317. The van der Waals surface area contributed by atoms with Gasteiger partial charge in [0.25, 0.3) is 0 Å². The summed E-state index contributed by atoms with van der Waals surface area (Å²) in [5.74, 6) is 0.783. The zero-order chi connectivity index (χ0) is 12.0. The number of nitrogens with zero attached hydrogens (tertiary/aromatic N) is 4. The van der Waals surface area contributed by atoms with Gasteiger partial charge in [0.2, 0.25) is 0 Å². The fourth-order valence-electron chi connectivity index (χ4n) is 1.52. The third-order valence-corrected chi connectivity index (χ3v) is 2.62. The Labute approximate surface area is 102 Å². The number of aromatic nitrogens is 2. The Kier molecular flexibility index (Phi) is 5.49. The number of anilines is 1. The fraction of sp³-hybridized carbons (Fsp3) is 0.636. The summed E-state index contributed by atoms with van der Waals surface area (Å²) in [6.45, 7) is 5.01. The molecule has 0 fully saturated rings. The van der Waals surface area contributed by atoms with Crippen LogP contribution in [0.15, 0.2) is 12.4 Å². The largest absolute Gasteiger partial charge is 0.354 e. The van der Waals surface area contributed by atoms with Crippen LogP contribution in [0.25, 0.3) is 0 Å². The first-order valence-corrected chi connectivity index (χ1v) is 5.89. The van der Waals surface area contributed by atoms with Gasteiger partial charge in [0, 0.05) is 25.5 Å². The molecule has 5 heteroatoms. The van der Waals surface area contributed by atoms with Crippen LogP contribution in [0.1, 0.15) is 13.3 Å². The van der Waals surface area contributed by atoms with Crippen LogP contribution >= 0.6 is 11.6 Å². The Morgan fingerprint density at radius 2 is 1.88 bits per heavy atom. The third-order valence-electron chi connectivity index (χ3n) is 2.35. The molecule has 0 spiro atoms. The van der Waals surface area contributed by atoms with Crippen molar-refractivity contribution < 1.29 is 0 Å². The van der Waals surface area contributed by atoms with Gasteiger partial charge in [0.1, 0.15) is 0 Å². The Morgan fingerprint density at radius 3 is 2.44 bits per heavy atom. The molecular weight excluding hydrogens is 224 g/mol. The maximum Gasteiger partial charge on any atom is 0.171 e. The Morgan fingerprint density at radius 1 is 1.19 bits per heavy atom. The molecule has 1 aromatic heterocycles. The predicted molar refractivity (Wildman–Crippen MR) is 68.1 cm³/mol. The average molecular weight is 243 g/mol. The van der Waals surface area contributed by atoms with Crippen molar-refractivity contribution in [1.29, 1.82) is 0 Å². The normalized spacial score (nSPS) is 10.8. The van der Waals surface area contributed by atoms with E-state index < -0.39 is 0 Å². The molecule has 0 aliphatic heterocycles. The molecule has 0 amide bonds. The highest BCUT2D eigenvalue weighted by molar-refractivity contribution is 6.31. The first-order chi connectivity index (χ1) is 7.65. The number of hydrogen-bond acceptors (Lipinski definition) is 4. The summed E-state index contributed by atoms with van der Waals surface area (Å²) in [5, 5.41) is 0.481. The predicted octanol–water partition coefficient (Wildman–Crippen LogP) is 1.91. The van der Waals surface area contributed by atoms with Crippen molar-refractivity contribution in [3.05, 3.63) is 17.5 Å². The van der Waals surface area contributed by atoms with Gasteiger partial charge in [-0.2, -0.15) is 0 Å². The van der Waals surface area contributed by atoms with E-state index in [4.69, 9.17) is 11.6 Å². The minimum Gasteiger partial charge on any atom is -0.354 e. The maximum absolute atomic E-state index is 6.01. The lowest BCUT2D eigenvalue weighted by Gasteiger charge is -2.23. The van der Waals surface area contributed by atoms with Gasteiger partial charge in [-0.1, -0.05) is 11.6 Å². The van der Waals surface area contributed by atoms with E-state index in [1.54, 1.807) is 12.4 Å². The van der Waals surface area contributed by atoms with E-state index in [-0.39, 0.29) is 0 Å². The molecule has 16 heavy (non-hydrogen) atoms. The summed E-state index contributed by atoms with van der Waals surface area (Å²) >= 11 is 6.01. The first kappa shape index (κ1) is 13.2. The molecule has 0 atom stereocenters. The minimum absolute atomic E-state index is 0.481. The monoisotopic (exact) mass is 242 g/mol. The highest BCUT2D eigenvalue weighted by Gasteiger charge is 2.10. The van der Waals surface area contributed by atoms with Gasteiger partial charge in [-0.3, -0.25) is 0 Å². The first-order valence-electron chi connectivity index (χ1n) is 5.51. The van der Waals surface area contributed by atoms with Crippen LogP contribution in [0.3, 0.4) is 0 Å². The van der Waals surface area contributed by atoms with E-state index in [1.807, 2.05) is 0 Å². The summed E-state index contributed by atoms with van der Waals surface area (Å²) in [4.78, 5) is 12.6. The molecule has 0 aliphatic rings. The molecule has 90 valence electrons. The molecule has 1 heterocycles. The molecule has 1 rings (SSSR count). The molecule has 1 aromatic rings. The molecule has 0 aromatic carbocycles. The van der Waals surface area contributed by atoms with Crippen LogP contribution in [0.2, 0.25) is 5.15 Å². The zero-order valence-electron chi connectivity index (χ0n) is 10.1. The Balaban J connectivity index is 2.57. The van der Waals surface area contributed by atoms with Gasteiger partial charge in [-0.05, 0) is 34.0 Å². The maximum atomic E-state index is 6.01. The quantitative estimate of drug-likeness (QED) is 0.763. The van der Waals surface area contributed by atoms with E-state index >= 15 is 0 Å². The highest BCUT2D eigenvalue weighted by atomic mass is 35.5. The number of hydrogen-bond donors (Lipinski definition) is 0. The second kappa shape index (κ2) is 6.66. The molecule has 4 nitrogen and oxygen atoms in total. The van der Waals surface area contributed by atoms with Crippen molar-refractivity contribution in [2.45, 2.75) is 13.3 Å². The standard InChI is InChI=1S/C11H19ClN4/c1-4-16(9-5-8-15(2)3)11-10(12)13-6-7-14-11/h6-7H,4-5,8-9H2,1-3H3. The van der Waals surface area contributed by atoms with Crippen molar-refractivity contribution in [2.75, 3.05) is 38.6 Å². The lowest BCUT2D eigenvalue weighted by Crippen LogP contribution is -2.28. The van der Waals surface area contributed by atoms with Gasteiger partial charge in [-0.25, -0.2) is 9.97 Å². The van der Waals surface area contributed by atoms with E-state index in [0.29, 0.717) is 5.15 Å². The highest BCUT2D eigenvalue weighted by Crippen LogP contribution is 2.19. The van der Waals surface area contributed by atoms with Crippen LogP contribution < -0.4 is 4.90 Å². The van der Waals surface area contributed by atoms with Crippen molar-refractivity contribution >= 4 is 17.4 Å². The number of rotatable bonds is 6. The molecular formula is C11H19ClN4. The van der Waals surface area contributed by atoms with E-state index in [1.165, 1.54) is 0 Å². The van der Waals surface area contributed by atoms with Crippen LogP contribution in [0.4, 0.5) is 5.82 Å². The molecule has 0 saturated heterocycles.